The van der Waals surface area contributed by atoms with Gasteiger partial charge in [-0.3, -0.25) is 24.5 Å². The number of nitrogens with zero attached hydrogens (tertiary/aromatic N) is 5. The summed E-state index contributed by atoms with van der Waals surface area (Å²) in [5.41, 5.74) is 2.53. The molecule has 2 heterocycles. The van der Waals surface area contributed by atoms with Crippen LogP contribution in [0.1, 0.15) is 21.6 Å². The van der Waals surface area contributed by atoms with Gasteiger partial charge in [-0.2, -0.15) is 5.10 Å². The summed E-state index contributed by atoms with van der Waals surface area (Å²) in [4.78, 5) is 27.0. The molecule has 1 aromatic carbocycles. The Kier molecular flexibility index (Phi) is 4.80. The number of piperazine rings is 1. The molecule has 0 spiro atoms. The minimum absolute atomic E-state index is 0.0588. The van der Waals surface area contributed by atoms with Crippen LogP contribution in [0.3, 0.4) is 0 Å². The number of carbonyl (C=O) groups is 1. The van der Waals surface area contributed by atoms with Crippen molar-refractivity contribution < 1.29 is 9.72 Å². The van der Waals surface area contributed by atoms with E-state index in [2.05, 4.69) is 10.00 Å². The molecule has 8 heteroatoms. The predicted octanol–water partition coefficient (Wildman–Crippen LogP) is 1.59. The lowest BCUT2D eigenvalue weighted by molar-refractivity contribution is -0.384. The second-order valence-electron chi connectivity index (χ2n) is 6.29. The van der Waals surface area contributed by atoms with E-state index in [-0.39, 0.29) is 11.6 Å². The zero-order chi connectivity index (χ0) is 18.0. The Morgan fingerprint density at radius 2 is 2.00 bits per heavy atom. The molecule has 2 aromatic rings. The van der Waals surface area contributed by atoms with Crippen molar-refractivity contribution in [2.75, 3.05) is 26.2 Å². The topological polar surface area (TPSA) is 84.5 Å². The largest absolute Gasteiger partial charge is 0.336 e. The van der Waals surface area contributed by atoms with Gasteiger partial charge in [0.2, 0.25) is 0 Å². The van der Waals surface area contributed by atoms with Crippen LogP contribution in [0.15, 0.2) is 30.5 Å². The maximum Gasteiger partial charge on any atom is 0.270 e. The zero-order valence-corrected chi connectivity index (χ0v) is 14.4. The Hall–Kier alpha value is -2.74. The maximum atomic E-state index is 12.6. The smallest absolute Gasteiger partial charge is 0.270 e. The molecule has 0 radical (unpaired) electrons. The first-order chi connectivity index (χ1) is 11.9. The molecular formula is C17H21N5O3. The zero-order valence-electron chi connectivity index (χ0n) is 14.4. The Balaban J connectivity index is 1.60. The third-order valence-electron chi connectivity index (χ3n) is 4.47. The SMILES string of the molecule is Cc1nn(C)cc1CN1CCN(C(=O)c2cccc([N+](=O)[O-])c2)CC1. The van der Waals surface area contributed by atoms with E-state index < -0.39 is 4.92 Å². The summed E-state index contributed by atoms with van der Waals surface area (Å²) < 4.78 is 1.81. The molecule has 0 atom stereocenters. The minimum Gasteiger partial charge on any atom is -0.336 e. The van der Waals surface area contributed by atoms with Crippen LogP contribution in [-0.4, -0.2) is 56.6 Å². The Labute approximate surface area is 145 Å². The highest BCUT2D eigenvalue weighted by molar-refractivity contribution is 5.94. The number of carbonyl (C=O) groups excluding carboxylic acids is 1. The van der Waals surface area contributed by atoms with Gasteiger partial charge in [-0.05, 0) is 13.0 Å². The van der Waals surface area contributed by atoms with Crippen molar-refractivity contribution in [3.8, 4) is 0 Å². The van der Waals surface area contributed by atoms with Gasteiger partial charge >= 0.3 is 0 Å². The number of aryl methyl sites for hydroxylation is 2. The van der Waals surface area contributed by atoms with Gasteiger partial charge in [-0.1, -0.05) is 6.07 Å². The second-order valence-corrected chi connectivity index (χ2v) is 6.29. The fraction of sp³-hybridized carbons (Fsp3) is 0.412. The lowest BCUT2D eigenvalue weighted by Crippen LogP contribution is -2.48. The molecule has 0 bridgehead atoms. The van der Waals surface area contributed by atoms with Crippen molar-refractivity contribution in [1.82, 2.24) is 19.6 Å². The van der Waals surface area contributed by atoms with Crippen molar-refractivity contribution in [2.45, 2.75) is 13.5 Å². The first-order valence-electron chi connectivity index (χ1n) is 8.19. The number of nitro benzene ring substituents is 1. The van der Waals surface area contributed by atoms with Gasteiger partial charge in [0, 0.05) is 69.2 Å². The normalized spacial score (nSPS) is 15.4. The highest BCUT2D eigenvalue weighted by Crippen LogP contribution is 2.17. The number of amides is 1. The van der Waals surface area contributed by atoms with Crippen LogP contribution in [0, 0.1) is 17.0 Å². The van der Waals surface area contributed by atoms with Crippen LogP contribution >= 0.6 is 0 Å². The predicted molar refractivity (Wildman–Crippen MR) is 92.2 cm³/mol. The molecule has 3 rings (SSSR count). The molecule has 0 unspecified atom stereocenters. The van der Waals surface area contributed by atoms with Crippen LogP contribution in [0.25, 0.3) is 0 Å². The number of nitro groups is 1. The number of non-ortho nitro benzene ring substituents is 1. The fourth-order valence-corrected chi connectivity index (χ4v) is 3.09. The summed E-state index contributed by atoms with van der Waals surface area (Å²) in [5, 5.41) is 15.2. The number of aromatic nitrogens is 2. The van der Waals surface area contributed by atoms with Gasteiger partial charge in [-0.25, -0.2) is 0 Å². The average Bonchev–Trinajstić information content (AvgIpc) is 2.92. The molecule has 0 saturated carbocycles. The van der Waals surface area contributed by atoms with Crippen molar-refractivity contribution in [3.63, 3.8) is 0 Å². The second kappa shape index (κ2) is 7.02. The van der Waals surface area contributed by atoms with E-state index >= 15 is 0 Å². The highest BCUT2D eigenvalue weighted by Gasteiger charge is 2.23. The Bertz CT molecular complexity index is 793. The maximum absolute atomic E-state index is 12.6. The third kappa shape index (κ3) is 3.85. The lowest BCUT2D eigenvalue weighted by Gasteiger charge is -2.34. The van der Waals surface area contributed by atoms with Crippen molar-refractivity contribution >= 4 is 11.6 Å². The Morgan fingerprint density at radius 3 is 2.60 bits per heavy atom. The average molecular weight is 343 g/mol. The summed E-state index contributed by atoms with van der Waals surface area (Å²) in [6, 6.07) is 5.91. The molecule has 1 aliphatic rings. The van der Waals surface area contributed by atoms with E-state index in [9.17, 15) is 14.9 Å². The molecule has 1 fully saturated rings. The molecule has 1 aliphatic heterocycles. The quantitative estimate of drug-likeness (QED) is 0.622. The van der Waals surface area contributed by atoms with Crippen LogP contribution in [0.4, 0.5) is 5.69 Å². The summed E-state index contributed by atoms with van der Waals surface area (Å²) in [6.07, 6.45) is 2.02. The molecule has 25 heavy (non-hydrogen) atoms. The van der Waals surface area contributed by atoms with E-state index in [0.717, 1.165) is 25.3 Å². The summed E-state index contributed by atoms with van der Waals surface area (Å²) in [6.45, 7) is 5.58. The van der Waals surface area contributed by atoms with Gasteiger partial charge < -0.3 is 4.90 Å². The van der Waals surface area contributed by atoms with Crippen LogP contribution in [-0.2, 0) is 13.6 Å². The van der Waals surface area contributed by atoms with Crippen molar-refractivity contribution in [2.24, 2.45) is 7.05 Å². The van der Waals surface area contributed by atoms with Gasteiger partial charge in [0.25, 0.3) is 11.6 Å². The van der Waals surface area contributed by atoms with Crippen molar-refractivity contribution in [3.05, 3.63) is 57.4 Å². The minimum atomic E-state index is -0.481. The van der Waals surface area contributed by atoms with E-state index in [1.165, 1.54) is 17.7 Å². The van der Waals surface area contributed by atoms with E-state index in [0.29, 0.717) is 18.7 Å². The molecule has 132 valence electrons. The van der Waals surface area contributed by atoms with E-state index in [4.69, 9.17) is 0 Å². The number of benzene rings is 1. The monoisotopic (exact) mass is 343 g/mol. The summed E-state index contributed by atoms with van der Waals surface area (Å²) in [5.74, 6) is -0.152. The van der Waals surface area contributed by atoms with Crippen molar-refractivity contribution in [1.29, 1.82) is 0 Å². The number of hydrogen-bond donors (Lipinski definition) is 0. The van der Waals surface area contributed by atoms with E-state index in [1.54, 1.807) is 17.0 Å². The lowest BCUT2D eigenvalue weighted by atomic mass is 10.1. The van der Waals surface area contributed by atoms with Crippen LogP contribution in [0.5, 0.6) is 0 Å². The molecular weight excluding hydrogens is 322 g/mol. The van der Waals surface area contributed by atoms with Gasteiger partial charge in [0.1, 0.15) is 0 Å². The molecule has 1 amide bonds. The molecule has 1 aromatic heterocycles. The number of rotatable bonds is 4. The third-order valence-corrected chi connectivity index (χ3v) is 4.47. The fourth-order valence-electron chi connectivity index (χ4n) is 3.09. The van der Waals surface area contributed by atoms with Gasteiger partial charge in [0.05, 0.1) is 10.6 Å². The summed E-state index contributed by atoms with van der Waals surface area (Å²) >= 11 is 0. The highest BCUT2D eigenvalue weighted by atomic mass is 16.6. The first-order valence-corrected chi connectivity index (χ1v) is 8.19. The van der Waals surface area contributed by atoms with E-state index in [1.807, 2.05) is 24.9 Å². The van der Waals surface area contributed by atoms with Crippen LogP contribution < -0.4 is 0 Å². The van der Waals surface area contributed by atoms with Gasteiger partial charge in [0.15, 0.2) is 0 Å². The number of hydrogen-bond acceptors (Lipinski definition) is 5. The Morgan fingerprint density at radius 1 is 1.28 bits per heavy atom. The molecule has 8 nitrogen and oxygen atoms in total. The molecule has 0 aliphatic carbocycles. The summed E-state index contributed by atoms with van der Waals surface area (Å²) in [7, 11) is 1.91. The van der Waals surface area contributed by atoms with Gasteiger partial charge in [-0.15, -0.1) is 0 Å². The molecule has 0 N–H and O–H groups in total. The van der Waals surface area contributed by atoms with Crippen LogP contribution in [0.2, 0.25) is 0 Å². The first kappa shape index (κ1) is 17.1. The molecule has 1 saturated heterocycles. The standard InChI is InChI=1S/C17H21N5O3/c1-13-15(11-19(2)18-13)12-20-6-8-21(9-7-20)17(23)14-4-3-5-16(10-14)22(24)25/h3-5,10-11H,6-9,12H2,1-2H3.